The molecule has 0 saturated heterocycles. The summed E-state index contributed by atoms with van der Waals surface area (Å²) in [7, 11) is -3.89. The van der Waals surface area contributed by atoms with E-state index >= 15 is 0 Å². The first-order chi connectivity index (χ1) is 15.4. The molecule has 2 aliphatic heterocycles. The Morgan fingerprint density at radius 2 is 1.69 bits per heavy atom. The number of hydrogen-bond acceptors (Lipinski definition) is 5. The van der Waals surface area contributed by atoms with Gasteiger partial charge in [0.15, 0.2) is 11.5 Å². The van der Waals surface area contributed by atoms with Crippen LogP contribution in [0, 0.1) is 6.92 Å². The van der Waals surface area contributed by atoms with Gasteiger partial charge in [0.05, 0.1) is 4.90 Å². The summed E-state index contributed by atoms with van der Waals surface area (Å²) in [6.45, 7) is 2.16. The van der Waals surface area contributed by atoms with Crippen molar-refractivity contribution in [2.45, 2.75) is 30.8 Å². The topological polar surface area (TPSA) is 84.9 Å². The van der Waals surface area contributed by atoms with Gasteiger partial charge in [-0.25, -0.2) is 8.42 Å². The van der Waals surface area contributed by atoms with E-state index in [2.05, 4.69) is 5.32 Å². The molecule has 3 aromatic rings. The molecule has 0 spiro atoms. The number of benzene rings is 3. The Balaban J connectivity index is 1.49. The molecule has 0 fully saturated rings. The summed E-state index contributed by atoms with van der Waals surface area (Å²) < 4.78 is 39.1. The normalized spacial score (nSPS) is 17.6. The molecule has 0 saturated carbocycles. The Morgan fingerprint density at radius 3 is 2.47 bits per heavy atom. The van der Waals surface area contributed by atoms with Crippen LogP contribution in [-0.2, 0) is 27.8 Å². The van der Waals surface area contributed by atoms with Gasteiger partial charge in [-0.3, -0.25) is 4.79 Å². The Labute approximate surface area is 186 Å². The van der Waals surface area contributed by atoms with Gasteiger partial charge in [0, 0.05) is 18.3 Å². The first-order valence-corrected chi connectivity index (χ1v) is 11.7. The second-order valence-electron chi connectivity index (χ2n) is 7.91. The van der Waals surface area contributed by atoms with Crippen LogP contribution in [-0.4, -0.2) is 31.5 Å². The van der Waals surface area contributed by atoms with Crippen molar-refractivity contribution in [1.82, 2.24) is 4.31 Å². The van der Waals surface area contributed by atoms with Crippen molar-refractivity contribution in [3.63, 3.8) is 0 Å². The van der Waals surface area contributed by atoms with E-state index < -0.39 is 22.0 Å². The van der Waals surface area contributed by atoms with Crippen LogP contribution in [0.25, 0.3) is 0 Å². The van der Waals surface area contributed by atoms with Crippen molar-refractivity contribution in [2.24, 2.45) is 0 Å². The van der Waals surface area contributed by atoms with Crippen LogP contribution in [0.3, 0.4) is 0 Å². The highest BCUT2D eigenvalue weighted by atomic mass is 32.2. The zero-order chi connectivity index (χ0) is 22.3. The summed E-state index contributed by atoms with van der Waals surface area (Å²) >= 11 is 0. The molecule has 0 unspecified atom stereocenters. The second kappa shape index (κ2) is 7.96. The summed E-state index contributed by atoms with van der Waals surface area (Å²) in [4.78, 5) is 13.5. The SMILES string of the molecule is Cc1ccc(S(=O)(=O)N2Cc3ccccc3C[C@H]2C(=O)Nc2ccc3c(c2)OCO3)cc1. The molecule has 3 aromatic carbocycles. The third kappa shape index (κ3) is 3.72. The Hall–Kier alpha value is -3.36. The molecule has 1 amide bonds. The number of carbonyl (C=O) groups excluding carboxylic acids is 1. The van der Waals surface area contributed by atoms with Crippen molar-refractivity contribution in [1.29, 1.82) is 0 Å². The fourth-order valence-electron chi connectivity index (χ4n) is 4.02. The summed E-state index contributed by atoms with van der Waals surface area (Å²) in [6, 6.07) is 18.5. The molecule has 0 bridgehead atoms. The van der Waals surface area contributed by atoms with Crippen LogP contribution >= 0.6 is 0 Å². The fraction of sp³-hybridized carbons (Fsp3) is 0.208. The van der Waals surface area contributed by atoms with Crippen molar-refractivity contribution in [3.05, 3.63) is 83.4 Å². The lowest BCUT2D eigenvalue weighted by Crippen LogP contribution is -2.50. The molecular weight excluding hydrogens is 428 g/mol. The zero-order valence-corrected chi connectivity index (χ0v) is 18.3. The van der Waals surface area contributed by atoms with Gasteiger partial charge in [-0.05, 0) is 48.7 Å². The second-order valence-corrected chi connectivity index (χ2v) is 9.80. The largest absolute Gasteiger partial charge is 0.454 e. The van der Waals surface area contributed by atoms with Gasteiger partial charge in [-0.15, -0.1) is 0 Å². The number of aryl methyl sites for hydroxylation is 1. The van der Waals surface area contributed by atoms with E-state index in [1.807, 2.05) is 31.2 Å². The molecule has 0 aromatic heterocycles. The third-order valence-electron chi connectivity index (χ3n) is 5.78. The van der Waals surface area contributed by atoms with E-state index in [4.69, 9.17) is 9.47 Å². The highest BCUT2D eigenvalue weighted by molar-refractivity contribution is 7.89. The van der Waals surface area contributed by atoms with Gasteiger partial charge in [0.25, 0.3) is 0 Å². The Morgan fingerprint density at radius 1 is 0.969 bits per heavy atom. The predicted octanol–water partition coefficient (Wildman–Crippen LogP) is 3.48. The molecule has 5 rings (SSSR count). The number of nitrogens with one attached hydrogen (secondary N) is 1. The number of fused-ring (bicyclic) bond motifs is 2. The molecule has 0 radical (unpaired) electrons. The average Bonchev–Trinajstić information content (AvgIpc) is 3.26. The number of anilines is 1. The zero-order valence-electron chi connectivity index (χ0n) is 17.4. The van der Waals surface area contributed by atoms with Gasteiger partial charge in [0.1, 0.15) is 6.04 Å². The number of carbonyl (C=O) groups is 1. The molecule has 2 aliphatic rings. The molecular formula is C24H22N2O5S. The van der Waals surface area contributed by atoms with Crippen molar-refractivity contribution < 1.29 is 22.7 Å². The average molecular weight is 451 g/mol. The maximum atomic E-state index is 13.5. The Bertz CT molecular complexity index is 1290. The third-order valence-corrected chi connectivity index (χ3v) is 7.64. The van der Waals surface area contributed by atoms with E-state index in [-0.39, 0.29) is 24.7 Å². The maximum Gasteiger partial charge on any atom is 0.244 e. The van der Waals surface area contributed by atoms with Gasteiger partial charge in [-0.1, -0.05) is 42.0 Å². The number of rotatable bonds is 4. The molecule has 8 heteroatoms. The van der Waals surface area contributed by atoms with Crippen LogP contribution in [0.4, 0.5) is 5.69 Å². The molecule has 2 heterocycles. The minimum atomic E-state index is -3.89. The lowest BCUT2D eigenvalue weighted by atomic mass is 9.95. The van der Waals surface area contributed by atoms with Crippen LogP contribution < -0.4 is 14.8 Å². The first kappa shape index (κ1) is 20.5. The van der Waals surface area contributed by atoms with Gasteiger partial charge in [0.2, 0.25) is 22.7 Å². The smallest absolute Gasteiger partial charge is 0.244 e. The monoisotopic (exact) mass is 450 g/mol. The fourth-order valence-corrected chi connectivity index (χ4v) is 5.59. The van der Waals surface area contributed by atoms with Crippen LogP contribution in [0.5, 0.6) is 11.5 Å². The minimum Gasteiger partial charge on any atom is -0.454 e. The summed E-state index contributed by atoms with van der Waals surface area (Å²) in [5.74, 6) is 0.758. The lowest BCUT2D eigenvalue weighted by molar-refractivity contribution is -0.120. The van der Waals surface area contributed by atoms with Gasteiger partial charge in [-0.2, -0.15) is 4.31 Å². The molecule has 32 heavy (non-hydrogen) atoms. The van der Waals surface area contributed by atoms with E-state index in [0.717, 1.165) is 16.7 Å². The molecule has 0 aliphatic carbocycles. The molecule has 7 nitrogen and oxygen atoms in total. The highest BCUT2D eigenvalue weighted by Gasteiger charge is 2.39. The van der Waals surface area contributed by atoms with Crippen LogP contribution in [0.15, 0.2) is 71.6 Å². The van der Waals surface area contributed by atoms with Crippen LogP contribution in [0.2, 0.25) is 0 Å². The number of amides is 1. The molecule has 1 N–H and O–H groups in total. The predicted molar refractivity (Wildman–Crippen MR) is 119 cm³/mol. The van der Waals surface area contributed by atoms with Crippen molar-refractivity contribution >= 4 is 21.6 Å². The van der Waals surface area contributed by atoms with E-state index in [1.54, 1.807) is 42.5 Å². The quantitative estimate of drug-likeness (QED) is 0.658. The number of nitrogens with zero attached hydrogens (tertiary/aromatic N) is 1. The summed E-state index contributed by atoms with van der Waals surface area (Å²) in [6.07, 6.45) is 0.289. The van der Waals surface area contributed by atoms with Crippen molar-refractivity contribution in [2.75, 3.05) is 12.1 Å². The van der Waals surface area contributed by atoms with Crippen LogP contribution in [0.1, 0.15) is 16.7 Å². The minimum absolute atomic E-state index is 0.131. The van der Waals surface area contributed by atoms with Gasteiger partial charge < -0.3 is 14.8 Å². The number of ether oxygens (including phenoxy) is 2. The lowest BCUT2D eigenvalue weighted by Gasteiger charge is -2.35. The van der Waals surface area contributed by atoms with Gasteiger partial charge >= 0.3 is 0 Å². The first-order valence-electron chi connectivity index (χ1n) is 10.3. The van der Waals surface area contributed by atoms with E-state index in [9.17, 15) is 13.2 Å². The Kier molecular flexibility index (Phi) is 5.11. The standard InChI is InChI=1S/C24H22N2O5S/c1-16-6-9-20(10-7-16)32(28,29)26-14-18-5-3-2-4-17(18)12-21(26)24(27)25-19-8-11-22-23(13-19)31-15-30-22/h2-11,13,21H,12,14-15H2,1H3,(H,25,27)/t21-/m0/s1. The molecule has 164 valence electrons. The summed E-state index contributed by atoms with van der Waals surface area (Å²) in [5, 5.41) is 2.85. The maximum absolute atomic E-state index is 13.5. The molecule has 1 atom stereocenters. The van der Waals surface area contributed by atoms with E-state index in [1.165, 1.54) is 4.31 Å². The number of sulfonamides is 1. The van der Waals surface area contributed by atoms with E-state index in [0.29, 0.717) is 17.2 Å². The summed E-state index contributed by atoms with van der Waals surface area (Å²) in [5.41, 5.74) is 3.35. The van der Waals surface area contributed by atoms with Crippen molar-refractivity contribution in [3.8, 4) is 11.5 Å². The highest BCUT2D eigenvalue weighted by Crippen LogP contribution is 2.35. The number of hydrogen-bond donors (Lipinski definition) is 1.